The first-order valence-electron chi connectivity index (χ1n) is 7.07. The molecule has 2 aromatic rings. The maximum atomic E-state index is 12.4. The molecule has 0 fully saturated rings. The van der Waals surface area contributed by atoms with E-state index in [9.17, 15) is 19.7 Å². The number of anilines is 2. The second kappa shape index (κ2) is 7.25. The molecule has 10 nitrogen and oxygen atoms in total. The normalized spacial score (nSPS) is 11.4. The van der Waals surface area contributed by atoms with Gasteiger partial charge < -0.3 is 21.5 Å². The zero-order valence-electron chi connectivity index (χ0n) is 13.1. The van der Waals surface area contributed by atoms with E-state index in [2.05, 4.69) is 15.0 Å². The number of amides is 1. The van der Waals surface area contributed by atoms with E-state index in [0.717, 1.165) is 6.07 Å². The van der Waals surface area contributed by atoms with Crippen molar-refractivity contribution in [1.29, 1.82) is 0 Å². The summed E-state index contributed by atoms with van der Waals surface area (Å²) in [5.74, 6) is -1.09. The van der Waals surface area contributed by atoms with Crippen molar-refractivity contribution >= 4 is 29.1 Å². The highest BCUT2D eigenvalue weighted by atomic mass is 16.6. The predicted molar refractivity (Wildman–Crippen MR) is 89.4 cm³/mol. The number of carbonyl (C=O) groups is 2. The molecule has 130 valence electrons. The van der Waals surface area contributed by atoms with Crippen molar-refractivity contribution in [2.45, 2.75) is 13.0 Å². The van der Waals surface area contributed by atoms with E-state index in [-0.39, 0.29) is 17.4 Å². The first-order chi connectivity index (χ1) is 11.8. The molecule has 0 radical (unpaired) electrons. The van der Waals surface area contributed by atoms with Gasteiger partial charge in [-0.25, -0.2) is 4.79 Å². The summed E-state index contributed by atoms with van der Waals surface area (Å²) in [6, 6.07) is 8.67. The van der Waals surface area contributed by atoms with Crippen LogP contribution in [-0.2, 0) is 0 Å². The van der Waals surface area contributed by atoms with Crippen molar-refractivity contribution in [3.05, 3.63) is 52.1 Å². The molecular weight excluding hydrogens is 330 g/mol. The summed E-state index contributed by atoms with van der Waals surface area (Å²) in [5, 5.41) is 13.9. The SMILES string of the molecule is C[C@@H](Nc1cc(OC(N)=O)nc(N)c1[N+](=O)[O-])C(=O)c1ccccc1. The smallest absolute Gasteiger partial charge is 0.391 e. The molecule has 0 aliphatic rings. The third kappa shape index (κ3) is 4.19. The van der Waals surface area contributed by atoms with Crippen molar-refractivity contribution in [2.75, 3.05) is 11.1 Å². The molecule has 0 spiro atoms. The molecular formula is C15H15N5O5. The number of ether oxygens (including phenoxy) is 1. The predicted octanol–water partition coefficient (Wildman–Crippen LogP) is 1.71. The standard InChI is InChI=1S/C15H15N5O5/c1-8(13(21)9-5-3-2-4-6-9)18-10-7-11(25-15(17)22)19-14(16)12(10)20(23)24/h2-8H,1H3,(H2,17,22)(H3,16,18,19)/t8-/m1/s1. The molecule has 1 aromatic heterocycles. The Labute approximate surface area is 141 Å². The van der Waals surface area contributed by atoms with Crippen LogP contribution in [0.25, 0.3) is 0 Å². The Bertz CT molecular complexity index is 825. The van der Waals surface area contributed by atoms with Gasteiger partial charge in [-0.1, -0.05) is 30.3 Å². The Balaban J connectivity index is 2.36. The molecule has 5 N–H and O–H groups in total. The summed E-state index contributed by atoms with van der Waals surface area (Å²) in [4.78, 5) is 37.3. The van der Waals surface area contributed by atoms with E-state index in [0.29, 0.717) is 5.56 Å². The highest BCUT2D eigenvalue weighted by Gasteiger charge is 2.25. The minimum absolute atomic E-state index is 0.120. The average Bonchev–Trinajstić information content (AvgIpc) is 2.53. The molecule has 0 unspecified atom stereocenters. The molecule has 0 saturated carbocycles. The fourth-order valence-corrected chi connectivity index (χ4v) is 2.14. The van der Waals surface area contributed by atoms with Gasteiger partial charge in [0.2, 0.25) is 11.7 Å². The minimum Gasteiger partial charge on any atom is -0.391 e. The first-order valence-corrected chi connectivity index (χ1v) is 7.07. The Hall–Kier alpha value is -3.69. The Morgan fingerprint density at radius 1 is 1.32 bits per heavy atom. The van der Waals surface area contributed by atoms with E-state index in [1.165, 1.54) is 6.92 Å². The maximum absolute atomic E-state index is 12.4. The number of hydrogen-bond acceptors (Lipinski definition) is 8. The average molecular weight is 345 g/mol. The quantitative estimate of drug-likeness (QED) is 0.404. The number of nitrogens with two attached hydrogens (primary N) is 2. The fourth-order valence-electron chi connectivity index (χ4n) is 2.14. The zero-order chi connectivity index (χ0) is 18.6. The molecule has 2 rings (SSSR count). The van der Waals surface area contributed by atoms with Crippen LogP contribution in [0, 0.1) is 10.1 Å². The number of pyridine rings is 1. The highest BCUT2D eigenvalue weighted by molar-refractivity contribution is 6.01. The molecule has 0 saturated heterocycles. The summed E-state index contributed by atoms with van der Waals surface area (Å²) in [5.41, 5.74) is 10.2. The van der Waals surface area contributed by atoms with Crippen LogP contribution < -0.4 is 21.5 Å². The number of nitrogens with one attached hydrogen (secondary N) is 1. The molecule has 1 heterocycles. The lowest BCUT2D eigenvalue weighted by atomic mass is 10.1. The third-order valence-electron chi connectivity index (χ3n) is 3.21. The molecule has 1 amide bonds. The number of hydrogen-bond donors (Lipinski definition) is 3. The number of Topliss-reactive ketones (excluding diaryl/α,β-unsaturated/α-hetero) is 1. The lowest BCUT2D eigenvalue weighted by molar-refractivity contribution is -0.383. The summed E-state index contributed by atoms with van der Waals surface area (Å²) >= 11 is 0. The van der Waals surface area contributed by atoms with Crippen LogP contribution in [0.5, 0.6) is 5.88 Å². The van der Waals surface area contributed by atoms with E-state index in [4.69, 9.17) is 11.5 Å². The Morgan fingerprint density at radius 2 is 1.96 bits per heavy atom. The molecule has 0 aliphatic heterocycles. The second-order valence-electron chi connectivity index (χ2n) is 5.02. The summed E-state index contributed by atoms with van der Waals surface area (Å²) in [6.45, 7) is 1.53. The number of benzene rings is 1. The number of nitro groups is 1. The number of primary amides is 1. The van der Waals surface area contributed by atoms with E-state index in [1.54, 1.807) is 30.3 Å². The van der Waals surface area contributed by atoms with E-state index in [1.807, 2.05) is 0 Å². The van der Waals surface area contributed by atoms with Gasteiger partial charge in [0.05, 0.1) is 11.0 Å². The van der Waals surface area contributed by atoms with Gasteiger partial charge in [-0.15, -0.1) is 0 Å². The minimum atomic E-state index is -1.15. The monoisotopic (exact) mass is 345 g/mol. The molecule has 1 atom stereocenters. The fraction of sp³-hybridized carbons (Fsp3) is 0.133. The number of nitrogen functional groups attached to an aromatic ring is 1. The van der Waals surface area contributed by atoms with Gasteiger partial charge in [-0.3, -0.25) is 14.9 Å². The highest BCUT2D eigenvalue weighted by Crippen LogP contribution is 2.33. The van der Waals surface area contributed by atoms with Gasteiger partial charge in [0.1, 0.15) is 5.69 Å². The third-order valence-corrected chi connectivity index (χ3v) is 3.21. The van der Waals surface area contributed by atoms with E-state index >= 15 is 0 Å². The largest absolute Gasteiger partial charge is 0.411 e. The molecule has 1 aromatic carbocycles. The Kier molecular flexibility index (Phi) is 5.12. The van der Waals surface area contributed by atoms with Gasteiger partial charge in [-0.05, 0) is 6.92 Å². The maximum Gasteiger partial charge on any atom is 0.411 e. The summed E-state index contributed by atoms with van der Waals surface area (Å²) in [6.07, 6.45) is -1.15. The lowest BCUT2D eigenvalue weighted by Crippen LogP contribution is -2.27. The van der Waals surface area contributed by atoms with Crippen molar-refractivity contribution in [3.8, 4) is 5.88 Å². The van der Waals surface area contributed by atoms with Gasteiger partial charge in [0, 0.05) is 11.6 Å². The summed E-state index contributed by atoms with van der Waals surface area (Å²) in [7, 11) is 0. The number of ketones is 1. The van der Waals surface area contributed by atoms with Crippen molar-refractivity contribution < 1.29 is 19.2 Å². The molecule has 0 bridgehead atoms. The second-order valence-corrected chi connectivity index (χ2v) is 5.02. The summed E-state index contributed by atoms with van der Waals surface area (Å²) < 4.78 is 4.60. The molecule has 25 heavy (non-hydrogen) atoms. The first kappa shape index (κ1) is 17.7. The number of nitrogens with zero attached hydrogens (tertiary/aromatic N) is 2. The van der Waals surface area contributed by atoms with Crippen LogP contribution in [0.4, 0.5) is 22.0 Å². The van der Waals surface area contributed by atoms with Crippen LogP contribution in [-0.4, -0.2) is 27.8 Å². The Morgan fingerprint density at radius 3 is 2.52 bits per heavy atom. The van der Waals surface area contributed by atoms with Gasteiger partial charge in [0.25, 0.3) is 0 Å². The topological polar surface area (TPSA) is 163 Å². The number of rotatable bonds is 6. The zero-order valence-corrected chi connectivity index (χ0v) is 13.1. The van der Waals surface area contributed by atoms with Crippen molar-refractivity contribution in [2.24, 2.45) is 5.73 Å². The van der Waals surface area contributed by atoms with Crippen molar-refractivity contribution in [3.63, 3.8) is 0 Å². The van der Waals surface area contributed by atoms with Crippen LogP contribution >= 0.6 is 0 Å². The molecule has 10 heteroatoms. The van der Waals surface area contributed by atoms with Crippen LogP contribution in [0.1, 0.15) is 17.3 Å². The van der Waals surface area contributed by atoms with Crippen LogP contribution in [0.2, 0.25) is 0 Å². The van der Waals surface area contributed by atoms with Crippen LogP contribution in [0.3, 0.4) is 0 Å². The van der Waals surface area contributed by atoms with Crippen molar-refractivity contribution in [1.82, 2.24) is 4.98 Å². The van der Waals surface area contributed by atoms with Gasteiger partial charge in [0.15, 0.2) is 5.78 Å². The lowest BCUT2D eigenvalue weighted by Gasteiger charge is -2.15. The number of carbonyl (C=O) groups excluding carboxylic acids is 2. The van der Waals surface area contributed by atoms with Crippen LogP contribution in [0.15, 0.2) is 36.4 Å². The number of aromatic nitrogens is 1. The van der Waals surface area contributed by atoms with Gasteiger partial charge >= 0.3 is 11.8 Å². The van der Waals surface area contributed by atoms with E-state index < -0.39 is 28.6 Å². The van der Waals surface area contributed by atoms with Gasteiger partial charge in [-0.2, -0.15) is 4.98 Å². The molecule has 0 aliphatic carbocycles.